The number of nitrogens with one attached hydrogen (secondary N) is 1. The van der Waals surface area contributed by atoms with Gasteiger partial charge in [-0.1, -0.05) is 0 Å². The highest BCUT2D eigenvalue weighted by Crippen LogP contribution is 2.20. The molecule has 3 fully saturated rings. The molecule has 0 aromatic heterocycles. The molecule has 0 bridgehead atoms. The summed E-state index contributed by atoms with van der Waals surface area (Å²) in [5, 5.41) is 3.27. The lowest BCUT2D eigenvalue weighted by Crippen LogP contribution is -2.45. The van der Waals surface area contributed by atoms with Gasteiger partial charge in [-0.15, -0.1) is 24.0 Å². The van der Waals surface area contributed by atoms with E-state index in [2.05, 4.69) is 20.1 Å². The van der Waals surface area contributed by atoms with E-state index in [4.69, 9.17) is 0 Å². The molecule has 7 nitrogen and oxygen atoms in total. The highest BCUT2D eigenvalue weighted by atomic mass is 127. The molecule has 3 aliphatic heterocycles. The highest BCUT2D eigenvalue weighted by Gasteiger charge is 2.28. The quantitative estimate of drug-likeness (QED) is 0.313. The van der Waals surface area contributed by atoms with E-state index in [-0.39, 0.29) is 29.7 Å². The number of thioether (sulfide) groups is 1. The lowest BCUT2D eigenvalue weighted by atomic mass is 10.1. The minimum Gasteiger partial charge on any atom is -0.355 e. The predicted molar refractivity (Wildman–Crippen MR) is 125 cm³/mol. The Morgan fingerprint density at radius 3 is 2.52 bits per heavy atom. The molecule has 3 heterocycles. The molecule has 27 heavy (non-hydrogen) atoms. The molecule has 3 rings (SSSR count). The number of sulfonamides is 1. The van der Waals surface area contributed by atoms with Gasteiger partial charge in [-0.3, -0.25) is 4.99 Å². The summed E-state index contributed by atoms with van der Waals surface area (Å²) >= 11 is 1.82. The number of guanidine groups is 1. The zero-order chi connectivity index (χ0) is 18.4. The Morgan fingerprint density at radius 2 is 1.85 bits per heavy atom. The molecule has 10 heteroatoms. The largest absolute Gasteiger partial charge is 0.355 e. The molecule has 1 atom stereocenters. The third-order valence-corrected chi connectivity index (χ3v) is 8.33. The standard InChI is InChI=1S/C17H33N5O2S2.HI/c1-18-17(19-5-13-26(23,24)22-9-11-25-12-10-22)21-8-4-16(15-21)14-20-6-2-3-7-20;/h16H,2-15H2,1H3,(H,18,19);1H. The predicted octanol–water partition coefficient (Wildman–Crippen LogP) is 0.976. The van der Waals surface area contributed by atoms with Gasteiger partial charge in [0.25, 0.3) is 0 Å². The first kappa shape index (κ1) is 23.5. The number of nitrogens with zero attached hydrogens (tertiary/aromatic N) is 4. The van der Waals surface area contributed by atoms with Crippen molar-refractivity contribution >= 4 is 51.7 Å². The molecule has 0 spiro atoms. The van der Waals surface area contributed by atoms with E-state index in [9.17, 15) is 8.42 Å². The van der Waals surface area contributed by atoms with Crippen LogP contribution in [0.15, 0.2) is 4.99 Å². The molecule has 0 saturated carbocycles. The summed E-state index contributed by atoms with van der Waals surface area (Å²) in [7, 11) is -1.38. The van der Waals surface area contributed by atoms with Crippen LogP contribution in [0.1, 0.15) is 19.3 Å². The Morgan fingerprint density at radius 1 is 1.15 bits per heavy atom. The fraction of sp³-hybridized carbons (Fsp3) is 0.941. The van der Waals surface area contributed by atoms with E-state index in [0.717, 1.165) is 30.6 Å². The van der Waals surface area contributed by atoms with Crippen LogP contribution in [0.25, 0.3) is 0 Å². The highest BCUT2D eigenvalue weighted by molar-refractivity contribution is 14.0. The van der Waals surface area contributed by atoms with Gasteiger partial charge in [0.1, 0.15) is 0 Å². The zero-order valence-electron chi connectivity index (χ0n) is 16.3. The molecule has 158 valence electrons. The second-order valence-electron chi connectivity index (χ2n) is 7.41. The van der Waals surface area contributed by atoms with Crippen molar-refractivity contribution in [2.75, 3.05) is 76.7 Å². The normalized spacial score (nSPS) is 25.6. The number of hydrogen-bond donors (Lipinski definition) is 1. The summed E-state index contributed by atoms with van der Waals surface area (Å²) in [6, 6.07) is 0. The van der Waals surface area contributed by atoms with E-state index in [0.29, 0.717) is 25.6 Å². The Labute approximate surface area is 185 Å². The summed E-state index contributed by atoms with van der Waals surface area (Å²) in [5.41, 5.74) is 0. The molecule has 0 aromatic rings. The van der Waals surface area contributed by atoms with Crippen molar-refractivity contribution in [3.8, 4) is 0 Å². The van der Waals surface area contributed by atoms with Crippen LogP contribution in [0.3, 0.4) is 0 Å². The molecule has 3 saturated heterocycles. The van der Waals surface area contributed by atoms with Crippen LogP contribution < -0.4 is 5.32 Å². The second-order valence-corrected chi connectivity index (χ2v) is 10.7. The zero-order valence-corrected chi connectivity index (χ0v) is 20.3. The monoisotopic (exact) mass is 531 g/mol. The van der Waals surface area contributed by atoms with Gasteiger partial charge >= 0.3 is 0 Å². The van der Waals surface area contributed by atoms with Crippen molar-refractivity contribution in [2.24, 2.45) is 10.9 Å². The minimum atomic E-state index is -3.16. The lowest BCUT2D eigenvalue weighted by molar-refractivity contribution is 0.281. The van der Waals surface area contributed by atoms with Gasteiger partial charge in [0.05, 0.1) is 5.75 Å². The maximum atomic E-state index is 12.4. The lowest BCUT2D eigenvalue weighted by Gasteiger charge is -2.26. The maximum Gasteiger partial charge on any atom is 0.215 e. The van der Waals surface area contributed by atoms with Gasteiger partial charge in [0, 0.05) is 57.8 Å². The first-order valence-electron chi connectivity index (χ1n) is 9.82. The number of halogens is 1. The van der Waals surface area contributed by atoms with Gasteiger partial charge in [-0.25, -0.2) is 12.7 Å². The Bertz CT molecular complexity index is 578. The average Bonchev–Trinajstić information content (AvgIpc) is 3.32. The first-order valence-corrected chi connectivity index (χ1v) is 12.6. The van der Waals surface area contributed by atoms with Crippen LogP contribution in [-0.4, -0.2) is 105 Å². The topological polar surface area (TPSA) is 68.2 Å². The number of rotatable bonds is 6. The molecule has 0 aliphatic carbocycles. The van der Waals surface area contributed by atoms with Crippen molar-refractivity contribution in [1.82, 2.24) is 19.4 Å². The van der Waals surface area contributed by atoms with E-state index in [1.165, 1.54) is 38.9 Å². The van der Waals surface area contributed by atoms with Crippen LogP contribution in [0.2, 0.25) is 0 Å². The van der Waals surface area contributed by atoms with Gasteiger partial charge in [-0.05, 0) is 38.3 Å². The molecular formula is C17H34IN5O2S2. The van der Waals surface area contributed by atoms with E-state index >= 15 is 0 Å². The summed E-state index contributed by atoms with van der Waals surface area (Å²) in [6.07, 6.45) is 3.87. The van der Waals surface area contributed by atoms with E-state index < -0.39 is 10.0 Å². The molecule has 1 N–H and O–H groups in total. The summed E-state index contributed by atoms with van der Waals surface area (Å²) < 4.78 is 26.5. The van der Waals surface area contributed by atoms with Gasteiger partial charge in [-0.2, -0.15) is 11.8 Å². The third-order valence-electron chi connectivity index (χ3n) is 5.52. The average molecular weight is 532 g/mol. The van der Waals surface area contributed by atoms with Crippen LogP contribution in [-0.2, 0) is 10.0 Å². The van der Waals surface area contributed by atoms with Crippen LogP contribution in [0.4, 0.5) is 0 Å². The molecule has 0 aromatic carbocycles. The maximum absolute atomic E-state index is 12.4. The summed E-state index contributed by atoms with van der Waals surface area (Å²) in [6.45, 7) is 7.42. The molecule has 0 radical (unpaired) electrons. The smallest absolute Gasteiger partial charge is 0.215 e. The van der Waals surface area contributed by atoms with Crippen LogP contribution >= 0.6 is 35.7 Å². The molecule has 1 unspecified atom stereocenters. The fourth-order valence-corrected chi connectivity index (χ4v) is 6.57. The van der Waals surface area contributed by atoms with Crippen molar-refractivity contribution in [3.05, 3.63) is 0 Å². The molecular weight excluding hydrogens is 497 g/mol. The Balaban J connectivity index is 0.00000261. The van der Waals surface area contributed by atoms with Crippen LogP contribution in [0, 0.1) is 5.92 Å². The first-order chi connectivity index (χ1) is 12.6. The fourth-order valence-electron chi connectivity index (χ4n) is 4.08. The summed E-state index contributed by atoms with van der Waals surface area (Å²) in [5.74, 6) is 3.49. The van der Waals surface area contributed by atoms with Crippen molar-refractivity contribution < 1.29 is 8.42 Å². The van der Waals surface area contributed by atoms with E-state index in [1.54, 1.807) is 11.4 Å². The van der Waals surface area contributed by atoms with Gasteiger partial charge in [0.2, 0.25) is 10.0 Å². The number of likely N-dealkylation sites (tertiary alicyclic amines) is 2. The van der Waals surface area contributed by atoms with Gasteiger partial charge < -0.3 is 15.1 Å². The van der Waals surface area contributed by atoms with Crippen molar-refractivity contribution in [3.63, 3.8) is 0 Å². The van der Waals surface area contributed by atoms with Crippen LogP contribution in [0.5, 0.6) is 0 Å². The Kier molecular flexibility index (Phi) is 9.94. The second kappa shape index (κ2) is 11.4. The Hall–Kier alpha value is 0.220. The molecule has 0 amide bonds. The molecule has 3 aliphatic rings. The number of aliphatic imine (C=N–C) groups is 1. The van der Waals surface area contributed by atoms with Gasteiger partial charge in [0.15, 0.2) is 5.96 Å². The third kappa shape index (κ3) is 6.90. The van der Waals surface area contributed by atoms with E-state index in [1.807, 2.05) is 11.8 Å². The summed E-state index contributed by atoms with van der Waals surface area (Å²) in [4.78, 5) is 9.23. The number of hydrogen-bond acceptors (Lipinski definition) is 5. The SMILES string of the molecule is CN=C(NCCS(=O)(=O)N1CCSCC1)N1CCC(CN2CCCC2)C1.I. The minimum absolute atomic E-state index is 0. The van der Waals surface area contributed by atoms with Crippen molar-refractivity contribution in [2.45, 2.75) is 19.3 Å². The van der Waals surface area contributed by atoms with Crippen molar-refractivity contribution in [1.29, 1.82) is 0 Å².